The molecule has 0 amide bonds. The number of para-hydroxylation sites is 1. The van der Waals surface area contributed by atoms with Crippen molar-refractivity contribution in [1.29, 1.82) is 0 Å². The van der Waals surface area contributed by atoms with Crippen molar-refractivity contribution in [2.75, 3.05) is 20.7 Å². The summed E-state index contributed by atoms with van der Waals surface area (Å²) in [5.41, 5.74) is 1.25. The van der Waals surface area contributed by atoms with Crippen molar-refractivity contribution < 1.29 is 4.74 Å². The van der Waals surface area contributed by atoms with Gasteiger partial charge in [-0.05, 0) is 39.8 Å². The number of rotatable bonds is 5. The second kappa shape index (κ2) is 7.09. The third kappa shape index (κ3) is 3.33. The van der Waals surface area contributed by atoms with E-state index in [4.69, 9.17) is 4.74 Å². The zero-order chi connectivity index (χ0) is 14.5. The Morgan fingerprint density at radius 1 is 1.25 bits per heavy atom. The summed E-state index contributed by atoms with van der Waals surface area (Å²) in [4.78, 5) is 2.64. The third-order valence-electron chi connectivity index (χ3n) is 4.63. The van der Waals surface area contributed by atoms with Crippen LogP contribution in [-0.4, -0.2) is 37.7 Å². The van der Waals surface area contributed by atoms with Crippen LogP contribution in [0.3, 0.4) is 0 Å². The molecule has 0 radical (unpaired) electrons. The number of nitrogens with zero attached hydrogens (tertiary/aromatic N) is 1. The molecule has 1 fully saturated rings. The van der Waals surface area contributed by atoms with E-state index >= 15 is 0 Å². The summed E-state index contributed by atoms with van der Waals surface area (Å²) >= 11 is 0. The molecule has 112 valence electrons. The molecule has 0 spiro atoms. The van der Waals surface area contributed by atoms with Crippen LogP contribution >= 0.6 is 0 Å². The van der Waals surface area contributed by atoms with E-state index in [0.717, 1.165) is 12.3 Å². The van der Waals surface area contributed by atoms with Crippen molar-refractivity contribution in [2.45, 2.75) is 51.2 Å². The van der Waals surface area contributed by atoms with Crippen molar-refractivity contribution in [3.8, 4) is 5.75 Å². The van der Waals surface area contributed by atoms with Gasteiger partial charge in [0.1, 0.15) is 5.75 Å². The highest BCUT2D eigenvalue weighted by Crippen LogP contribution is 2.29. The molecule has 3 nitrogen and oxygen atoms in total. The lowest BCUT2D eigenvalue weighted by Gasteiger charge is -2.41. The Hall–Kier alpha value is -1.06. The summed E-state index contributed by atoms with van der Waals surface area (Å²) in [5.74, 6) is 0.976. The van der Waals surface area contributed by atoms with Gasteiger partial charge in [0.2, 0.25) is 0 Å². The summed E-state index contributed by atoms with van der Waals surface area (Å²) in [7, 11) is 3.79. The summed E-state index contributed by atoms with van der Waals surface area (Å²) in [6.45, 7) is 5.74. The highest BCUT2D eigenvalue weighted by molar-refractivity contribution is 5.36. The second-order valence-corrected chi connectivity index (χ2v) is 5.91. The van der Waals surface area contributed by atoms with Gasteiger partial charge in [0.25, 0.3) is 0 Å². The van der Waals surface area contributed by atoms with Crippen LogP contribution in [0, 0.1) is 0 Å². The number of hydrogen-bond donors (Lipinski definition) is 1. The fourth-order valence-corrected chi connectivity index (χ4v) is 3.34. The van der Waals surface area contributed by atoms with E-state index in [1.54, 1.807) is 7.11 Å². The van der Waals surface area contributed by atoms with E-state index in [0.29, 0.717) is 18.1 Å². The molecule has 1 heterocycles. The fourth-order valence-electron chi connectivity index (χ4n) is 3.34. The lowest BCUT2D eigenvalue weighted by molar-refractivity contribution is 0.0916. The Labute approximate surface area is 123 Å². The first kappa shape index (κ1) is 15.3. The monoisotopic (exact) mass is 276 g/mol. The molecule has 1 aliphatic rings. The lowest BCUT2D eigenvalue weighted by atomic mass is 9.95. The number of benzene rings is 1. The van der Waals surface area contributed by atoms with Gasteiger partial charge in [-0.1, -0.05) is 24.6 Å². The molecule has 1 saturated heterocycles. The molecule has 1 unspecified atom stereocenters. The van der Waals surface area contributed by atoms with Gasteiger partial charge in [0.15, 0.2) is 0 Å². The van der Waals surface area contributed by atoms with E-state index < -0.39 is 0 Å². The zero-order valence-corrected chi connectivity index (χ0v) is 13.2. The van der Waals surface area contributed by atoms with E-state index in [2.05, 4.69) is 36.2 Å². The number of nitrogens with one attached hydrogen (secondary N) is 1. The van der Waals surface area contributed by atoms with Crippen molar-refractivity contribution in [1.82, 2.24) is 10.2 Å². The predicted molar refractivity (Wildman–Crippen MR) is 84.3 cm³/mol. The normalized spacial score (nSPS) is 25.4. The molecule has 2 rings (SSSR count). The van der Waals surface area contributed by atoms with Gasteiger partial charge in [-0.25, -0.2) is 0 Å². The molecule has 3 heteroatoms. The minimum absolute atomic E-state index is 0.314. The van der Waals surface area contributed by atoms with E-state index in [9.17, 15) is 0 Å². The Morgan fingerprint density at radius 2 is 1.90 bits per heavy atom. The quantitative estimate of drug-likeness (QED) is 0.893. The Balaban J connectivity index is 2.15. The fraction of sp³-hybridized carbons (Fsp3) is 0.647. The van der Waals surface area contributed by atoms with Gasteiger partial charge in [-0.2, -0.15) is 0 Å². The van der Waals surface area contributed by atoms with Crippen LogP contribution in [0.1, 0.15) is 44.7 Å². The van der Waals surface area contributed by atoms with Crippen LogP contribution < -0.4 is 10.1 Å². The van der Waals surface area contributed by atoms with Crippen LogP contribution in [0.2, 0.25) is 0 Å². The Bertz CT molecular complexity index is 411. The maximum absolute atomic E-state index is 5.51. The van der Waals surface area contributed by atoms with Crippen LogP contribution in [0.15, 0.2) is 24.3 Å². The molecule has 1 aromatic rings. The first-order valence-corrected chi connectivity index (χ1v) is 7.73. The molecule has 0 bridgehead atoms. The SMILES string of the molecule is CNC(CN1[C@H](C)CCC[C@@H]1C)c1ccccc1OC. The smallest absolute Gasteiger partial charge is 0.123 e. The zero-order valence-electron chi connectivity index (χ0n) is 13.2. The first-order valence-electron chi connectivity index (χ1n) is 7.73. The molecule has 0 aliphatic carbocycles. The molecule has 3 atom stereocenters. The van der Waals surface area contributed by atoms with Crippen molar-refractivity contribution in [3.05, 3.63) is 29.8 Å². The van der Waals surface area contributed by atoms with Crippen molar-refractivity contribution in [2.24, 2.45) is 0 Å². The number of likely N-dealkylation sites (N-methyl/N-ethyl adjacent to an activating group) is 1. The highest BCUT2D eigenvalue weighted by Gasteiger charge is 2.27. The standard InChI is InChI=1S/C17H28N2O/c1-13-8-7-9-14(2)19(13)12-16(18-3)15-10-5-6-11-17(15)20-4/h5-6,10-11,13-14,16,18H,7-9,12H2,1-4H3/t13-,14+,16?. The van der Waals surface area contributed by atoms with E-state index in [1.807, 2.05) is 19.2 Å². The molecule has 20 heavy (non-hydrogen) atoms. The highest BCUT2D eigenvalue weighted by atomic mass is 16.5. The molecule has 0 saturated carbocycles. The van der Waals surface area contributed by atoms with Gasteiger partial charge in [-0.3, -0.25) is 4.90 Å². The maximum Gasteiger partial charge on any atom is 0.123 e. The van der Waals surface area contributed by atoms with Gasteiger partial charge >= 0.3 is 0 Å². The van der Waals surface area contributed by atoms with Crippen molar-refractivity contribution >= 4 is 0 Å². The molecular weight excluding hydrogens is 248 g/mol. The van der Waals surface area contributed by atoms with Crippen LogP contribution in [0.4, 0.5) is 0 Å². The third-order valence-corrected chi connectivity index (χ3v) is 4.63. The average molecular weight is 276 g/mol. The number of ether oxygens (including phenoxy) is 1. The largest absolute Gasteiger partial charge is 0.496 e. The molecular formula is C17H28N2O. The minimum Gasteiger partial charge on any atom is -0.496 e. The summed E-state index contributed by atoms with van der Waals surface area (Å²) in [6.07, 6.45) is 3.98. The van der Waals surface area contributed by atoms with Crippen LogP contribution in [0.5, 0.6) is 5.75 Å². The summed E-state index contributed by atoms with van der Waals surface area (Å²) in [6, 6.07) is 9.98. The lowest BCUT2D eigenvalue weighted by Crippen LogP contribution is -2.47. The number of piperidine rings is 1. The molecule has 1 aliphatic heterocycles. The van der Waals surface area contributed by atoms with Crippen molar-refractivity contribution in [3.63, 3.8) is 0 Å². The summed E-state index contributed by atoms with van der Waals surface area (Å²) < 4.78 is 5.51. The number of likely N-dealkylation sites (tertiary alicyclic amines) is 1. The first-order chi connectivity index (χ1) is 9.67. The number of methoxy groups -OCH3 is 1. The summed E-state index contributed by atoms with van der Waals surface area (Å²) in [5, 5.41) is 3.46. The molecule has 1 N–H and O–H groups in total. The molecule has 1 aromatic carbocycles. The molecule has 0 aromatic heterocycles. The number of hydrogen-bond acceptors (Lipinski definition) is 3. The van der Waals surface area contributed by atoms with Crippen LogP contribution in [0.25, 0.3) is 0 Å². The second-order valence-electron chi connectivity index (χ2n) is 5.91. The average Bonchev–Trinajstić information content (AvgIpc) is 2.47. The maximum atomic E-state index is 5.51. The topological polar surface area (TPSA) is 24.5 Å². The van der Waals surface area contributed by atoms with Gasteiger partial charge in [0, 0.05) is 30.2 Å². The van der Waals surface area contributed by atoms with E-state index in [-0.39, 0.29) is 0 Å². The Kier molecular flexibility index (Phi) is 5.44. The van der Waals surface area contributed by atoms with Gasteiger partial charge in [0.05, 0.1) is 7.11 Å². The van der Waals surface area contributed by atoms with Gasteiger partial charge in [-0.15, -0.1) is 0 Å². The minimum atomic E-state index is 0.314. The predicted octanol–water partition coefficient (Wildman–Crippen LogP) is 3.22. The van der Waals surface area contributed by atoms with E-state index in [1.165, 1.54) is 24.8 Å². The van der Waals surface area contributed by atoms with Gasteiger partial charge < -0.3 is 10.1 Å². The van der Waals surface area contributed by atoms with Crippen LogP contribution in [-0.2, 0) is 0 Å². The Morgan fingerprint density at radius 3 is 2.50 bits per heavy atom.